The molecule has 2 heterocycles. The number of ketones is 1. The molecule has 0 spiro atoms. The first-order chi connectivity index (χ1) is 17.4. The molecule has 0 aliphatic rings. The van der Waals surface area contributed by atoms with Crippen molar-refractivity contribution in [2.24, 2.45) is 0 Å². The van der Waals surface area contributed by atoms with E-state index in [4.69, 9.17) is 17.3 Å². The van der Waals surface area contributed by atoms with Crippen LogP contribution in [0.25, 0.3) is 11.3 Å². The molecule has 4 rings (SSSR count). The van der Waals surface area contributed by atoms with Crippen molar-refractivity contribution < 1.29 is 4.79 Å². The summed E-state index contributed by atoms with van der Waals surface area (Å²) in [6.07, 6.45) is 2.86. The molecule has 0 unspecified atom stereocenters. The summed E-state index contributed by atoms with van der Waals surface area (Å²) in [4.78, 5) is 35.3. The Hall–Kier alpha value is -3.77. The van der Waals surface area contributed by atoms with E-state index >= 15 is 0 Å². The van der Waals surface area contributed by atoms with E-state index in [1.54, 1.807) is 6.07 Å². The molecule has 7 heteroatoms. The van der Waals surface area contributed by atoms with Crippen LogP contribution in [0, 0.1) is 6.92 Å². The standard InChI is InChI=1S/C29H29ClN4O2/c1-20-22(16-18-26(31)32-20)15-17-24(35)19-34-27(23-12-6-3-7-13-23)28(30)33-25(29(34)36)14-8-11-21-9-4-2-5-10-21/h2-7,9-10,12-13,16,18H,8,11,14-15,17,19H2,1H3,(H2,31,32). The van der Waals surface area contributed by atoms with Crippen LogP contribution in [-0.4, -0.2) is 20.3 Å². The number of hydrogen-bond acceptors (Lipinski definition) is 5. The Balaban J connectivity index is 1.58. The molecule has 0 aliphatic carbocycles. The number of nitrogens with two attached hydrogens (primary N) is 1. The molecule has 2 N–H and O–H groups in total. The largest absolute Gasteiger partial charge is 0.384 e. The summed E-state index contributed by atoms with van der Waals surface area (Å²) in [6.45, 7) is 1.80. The van der Waals surface area contributed by atoms with E-state index in [2.05, 4.69) is 22.1 Å². The lowest BCUT2D eigenvalue weighted by molar-refractivity contribution is -0.119. The van der Waals surface area contributed by atoms with Crippen molar-refractivity contribution in [3.63, 3.8) is 0 Å². The molecular weight excluding hydrogens is 472 g/mol. The van der Waals surface area contributed by atoms with Crippen LogP contribution in [0.2, 0.25) is 5.15 Å². The van der Waals surface area contributed by atoms with Crippen LogP contribution in [0.3, 0.4) is 0 Å². The Morgan fingerprint density at radius 1 is 0.917 bits per heavy atom. The number of Topliss-reactive ketones (excluding diaryl/α,β-unsaturated/α-hetero) is 1. The molecule has 6 nitrogen and oxygen atoms in total. The van der Waals surface area contributed by atoms with E-state index in [9.17, 15) is 9.59 Å². The van der Waals surface area contributed by atoms with Gasteiger partial charge in [-0.15, -0.1) is 0 Å². The molecule has 0 amide bonds. The van der Waals surface area contributed by atoms with Gasteiger partial charge in [-0.1, -0.05) is 78.3 Å². The van der Waals surface area contributed by atoms with Gasteiger partial charge >= 0.3 is 0 Å². The summed E-state index contributed by atoms with van der Waals surface area (Å²) in [5.41, 5.74) is 10.0. The van der Waals surface area contributed by atoms with Gasteiger partial charge in [0.05, 0.1) is 12.2 Å². The number of rotatable bonds is 10. The molecule has 2 aromatic heterocycles. The molecule has 0 saturated heterocycles. The fraction of sp³-hybridized carbons (Fsp3) is 0.241. The Labute approximate surface area is 215 Å². The maximum absolute atomic E-state index is 13.5. The summed E-state index contributed by atoms with van der Waals surface area (Å²) in [5, 5.41) is 0.224. The molecule has 0 bridgehead atoms. The van der Waals surface area contributed by atoms with Gasteiger partial charge < -0.3 is 5.73 Å². The second kappa shape index (κ2) is 11.8. The van der Waals surface area contributed by atoms with Gasteiger partial charge in [-0.25, -0.2) is 9.97 Å². The fourth-order valence-electron chi connectivity index (χ4n) is 4.28. The number of nitrogens with zero attached hydrogens (tertiary/aromatic N) is 3. The minimum absolute atomic E-state index is 0.0667. The summed E-state index contributed by atoms with van der Waals surface area (Å²) in [6, 6.07) is 23.1. The zero-order valence-corrected chi connectivity index (χ0v) is 21.0. The van der Waals surface area contributed by atoms with E-state index in [0.29, 0.717) is 30.0 Å². The summed E-state index contributed by atoms with van der Waals surface area (Å²) in [5.74, 6) is 0.385. The van der Waals surface area contributed by atoms with E-state index in [-0.39, 0.29) is 29.5 Å². The second-order valence-corrected chi connectivity index (χ2v) is 9.17. The van der Waals surface area contributed by atoms with E-state index in [1.165, 1.54) is 10.1 Å². The first-order valence-corrected chi connectivity index (χ1v) is 12.4. The smallest absolute Gasteiger partial charge is 0.273 e. The van der Waals surface area contributed by atoms with Crippen LogP contribution in [0.15, 0.2) is 77.6 Å². The molecule has 0 fully saturated rings. The monoisotopic (exact) mass is 500 g/mol. The third-order valence-corrected chi connectivity index (χ3v) is 6.45. The number of hydrogen-bond donors (Lipinski definition) is 1. The van der Waals surface area contributed by atoms with Crippen molar-refractivity contribution in [2.75, 3.05) is 5.73 Å². The summed E-state index contributed by atoms with van der Waals surface area (Å²) >= 11 is 6.63. The van der Waals surface area contributed by atoms with Gasteiger partial charge in [-0.2, -0.15) is 0 Å². The highest BCUT2D eigenvalue weighted by atomic mass is 35.5. The number of benzene rings is 2. The van der Waals surface area contributed by atoms with Crippen LogP contribution in [0.1, 0.15) is 35.4 Å². The molecule has 0 radical (unpaired) electrons. The first kappa shape index (κ1) is 25.3. The van der Waals surface area contributed by atoms with Gasteiger partial charge in [0.15, 0.2) is 10.9 Å². The van der Waals surface area contributed by atoms with Crippen LogP contribution < -0.4 is 11.3 Å². The number of carbonyl (C=O) groups excluding carboxylic acids is 1. The highest BCUT2D eigenvalue weighted by Gasteiger charge is 2.19. The first-order valence-electron chi connectivity index (χ1n) is 12.0. The molecule has 0 saturated carbocycles. The van der Waals surface area contributed by atoms with E-state index < -0.39 is 0 Å². The highest BCUT2D eigenvalue weighted by Crippen LogP contribution is 2.26. The molecule has 184 valence electrons. The van der Waals surface area contributed by atoms with Gasteiger partial charge in [0.2, 0.25) is 0 Å². The quantitative estimate of drug-likeness (QED) is 0.322. The predicted octanol–water partition coefficient (Wildman–Crippen LogP) is 5.23. The molecule has 0 atom stereocenters. The van der Waals surface area contributed by atoms with E-state index in [0.717, 1.165) is 29.7 Å². The second-order valence-electron chi connectivity index (χ2n) is 8.81. The van der Waals surface area contributed by atoms with Gasteiger partial charge in [0, 0.05) is 17.7 Å². The molecule has 2 aromatic carbocycles. The normalized spacial score (nSPS) is 10.9. The minimum Gasteiger partial charge on any atom is -0.384 e. The average molecular weight is 501 g/mol. The van der Waals surface area contributed by atoms with E-state index in [1.807, 2.05) is 61.5 Å². The third-order valence-electron chi connectivity index (χ3n) is 6.18. The SMILES string of the molecule is Cc1nc(N)ccc1CCC(=O)Cn1c(-c2ccccc2)c(Cl)nc(CCCc2ccccc2)c1=O. The fourth-order valence-corrected chi connectivity index (χ4v) is 4.59. The summed E-state index contributed by atoms with van der Waals surface area (Å²) < 4.78 is 1.49. The highest BCUT2D eigenvalue weighted by molar-refractivity contribution is 6.31. The topological polar surface area (TPSA) is 90.9 Å². The lowest BCUT2D eigenvalue weighted by atomic mass is 10.1. The zero-order chi connectivity index (χ0) is 25.5. The molecule has 4 aromatic rings. The lowest BCUT2D eigenvalue weighted by Crippen LogP contribution is -2.30. The van der Waals surface area contributed by atoms with Crippen LogP contribution in [0.4, 0.5) is 5.82 Å². The number of aromatic nitrogens is 3. The molecular formula is C29H29ClN4O2. The van der Waals surface area contributed by atoms with Gasteiger partial charge in [-0.05, 0) is 49.8 Å². The van der Waals surface area contributed by atoms with Crippen molar-refractivity contribution >= 4 is 23.2 Å². The molecule has 36 heavy (non-hydrogen) atoms. The molecule has 0 aliphatic heterocycles. The van der Waals surface area contributed by atoms with Crippen LogP contribution in [0.5, 0.6) is 0 Å². The zero-order valence-electron chi connectivity index (χ0n) is 20.3. The Morgan fingerprint density at radius 2 is 1.61 bits per heavy atom. The van der Waals surface area contributed by atoms with Gasteiger partial charge in [0.25, 0.3) is 5.56 Å². The van der Waals surface area contributed by atoms with Crippen LogP contribution in [-0.2, 0) is 30.6 Å². The number of carbonyl (C=O) groups is 1. The Kier molecular flexibility index (Phi) is 8.28. The summed E-state index contributed by atoms with van der Waals surface area (Å²) in [7, 11) is 0. The number of aryl methyl sites for hydroxylation is 4. The van der Waals surface area contributed by atoms with Crippen molar-refractivity contribution in [1.29, 1.82) is 0 Å². The van der Waals surface area contributed by atoms with Crippen molar-refractivity contribution in [1.82, 2.24) is 14.5 Å². The maximum Gasteiger partial charge on any atom is 0.273 e. The number of nitrogen functional groups attached to an aromatic ring is 1. The predicted molar refractivity (Wildman–Crippen MR) is 144 cm³/mol. The average Bonchev–Trinajstić information content (AvgIpc) is 2.87. The van der Waals surface area contributed by atoms with Gasteiger partial charge in [-0.3, -0.25) is 14.2 Å². The number of halogens is 1. The van der Waals surface area contributed by atoms with Crippen molar-refractivity contribution in [3.05, 3.63) is 111 Å². The Bertz CT molecular complexity index is 1400. The van der Waals surface area contributed by atoms with Gasteiger partial charge in [0.1, 0.15) is 11.5 Å². The van der Waals surface area contributed by atoms with Crippen LogP contribution >= 0.6 is 11.6 Å². The third kappa shape index (κ3) is 6.26. The Morgan fingerprint density at radius 3 is 2.31 bits per heavy atom. The minimum atomic E-state index is -0.273. The number of anilines is 1. The van der Waals surface area contributed by atoms with Crippen molar-refractivity contribution in [2.45, 2.75) is 45.6 Å². The van der Waals surface area contributed by atoms with Crippen molar-refractivity contribution in [3.8, 4) is 11.3 Å². The lowest BCUT2D eigenvalue weighted by Gasteiger charge is -2.16. The maximum atomic E-state index is 13.5. The number of pyridine rings is 1.